The Morgan fingerprint density at radius 1 is 0.806 bits per heavy atom. The van der Waals surface area contributed by atoms with E-state index in [0.29, 0.717) is 16.7 Å². The zero-order valence-electron chi connectivity index (χ0n) is 19.7. The zero-order chi connectivity index (χ0) is 24.9. The minimum Gasteiger partial charge on any atom is -0.460 e. The van der Waals surface area contributed by atoms with Crippen LogP contribution in [0.25, 0.3) is 11.0 Å². The summed E-state index contributed by atoms with van der Waals surface area (Å²) in [5, 5.41) is 0.333. The van der Waals surface area contributed by atoms with Crippen LogP contribution >= 0.6 is 0 Å². The molecule has 1 heterocycles. The lowest BCUT2D eigenvalue weighted by atomic mass is 9.91. The molecule has 1 aromatic heterocycles. The van der Waals surface area contributed by atoms with Crippen LogP contribution in [-0.2, 0) is 11.2 Å². The number of esters is 1. The molecule has 0 saturated carbocycles. The maximum atomic E-state index is 13.3. The third kappa shape index (κ3) is 4.91. The summed E-state index contributed by atoms with van der Waals surface area (Å²) < 4.78 is 17.2. The van der Waals surface area contributed by atoms with Crippen molar-refractivity contribution < 1.29 is 18.7 Å². The minimum atomic E-state index is -0.593. The standard InChI is InChI=1S/C31H24O5/c1-2-21-13-15-24(16-14-21)35-28-20-34-27-19-25(17-18-26(27)30(28)32)36-31(33)29(22-9-5-3-6-10-22)23-11-7-4-8-12-23/h3-20,29H,2H2,1H3. The molecule has 5 rings (SSSR count). The molecule has 0 N–H and O–H groups in total. The van der Waals surface area contributed by atoms with Gasteiger partial charge in [-0.2, -0.15) is 0 Å². The van der Waals surface area contributed by atoms with Crippen molar-refractivity contribution in [1.29, 1.82) is 0 Å². The van der Waals surface area contributed by atoms with E-state index >= 15 is 0 Å². The van der Waals surface area contributed by atoms with Crippen molar-refractivity contribution in [2.24, 2.45) is 0 Å². The van der Waals surface area contributed by atoms with Crippen molar-refractivity contribution >= 4 is 16.9 Å². The van der Waals surface area contributed by atoms with E-state index in [1.54, 1.807) is 18.2 Å². The first-order chi connectivity index (χ1) is 17.6. The number of hydrogen-bond acceptors (Lipinski definition) is 5. The number of aryl methyl sites for hydroxylation is 1. The van der Waals surface area contributed by atoms with Crippen LogP contribution in [0.3, 0.4) is 0 Å². The molecule has 178 valence electrons. The Labute approximate surface area is 208 Å². The van der Waals surface area contributed by atoms with Crippen LogP contribution in [0, 0.1) is 0 Å². The Morgan fingerprint density at radius 2 is 1.42 bits per heavy atom. The van der Waals surface area contributed by atoms with Crippen molar-refractivity contribution in [3.05, 3.63) is 136 Å². The summed E-state index contributed by atoms with van der Waals surface area (Å²) in [4.78, 5) is 26.3. The van der Waals surface area contributed by atoms with Gasteiger partial charge in [0.2, 0.25) is 11.2 Å². The van der Waals surface area contributed by atoms with Gasteiger partial charge in [0.1, 0.15) is 29.3 Å². The highest BCUT2D eigenvalue weighted by Crippen LogP contribution is 2.29. The van der Waals surface area contributed by atoms with Gasteiger partial charge in [0.15, 0.2) is 0 Å². The average Bonchev–Trinajstić information content (AvgIpc) is 2.92. The van der Waals surface area contributed by atoms with E-state index in [1.165, 1.54) is 11.8 Å². The molecule has 4 aromatic carbocycles. The van der Waals surface area contributed by atoms with E-state index in [2.05, 4.69) is 6.92 Å². The van der Waals surface area contributed by atoms with Gasteiger partial charge in [-0.05, 0) is 47.4 Å². The third-order valence-corrected chi connectivity index (χ3v) is 5.99. The molecule has 0 aliphatic rings. The van der Waals surface area contributed by atoms with Gasteiger partial charge in [0, 0.05) is 6.07 Å². The Kier molecular flexibility index (Phi) is 6.63. The van der Waals surface area contributed by atoms with Crippen molar-refractivity contribution in [2.45, 2.75) is 19.3 Å². The summed E-state index contributed by atoms with van der Waals surface area (Å²) in [7, 11) is 0. The summed E-state index contributed by atoms with van der Waals surface area (Å²) in [5.41, 5.74) is 2.83. The molecular formula is C31H24O5. The predicted molar refractivity (Wildman–Crippen MR) is 139 cm³/mol. The van der Waals surface area contributed by atoms with Crippen molar-refractivity contribution in [1.82, 2.24) is 0 Å². The second-order valence-electron chi connectivity index (χ2n) is 8.36. The zero-order valence-corrected chi connectivity index (χ0v) is 19.7. The van der Waals surface area contributed by atoms with Crippen molar-refractivity contribution in [2.75, 3.05) is 0 Å². The average molecular weight is 477 g/mol. The van der Waals surface area contributed by atoms with E-state index in [9.17, 15) is 9.59 Å². The lowest BCUT2D eigenvalue weighted by molar-refractivity contribution is -0.135. The Hall–Kier alpha value is -4.64. The summed E-state index contributed by atoms with van der Waals surface area (Å²) in [6, 6.07) is 31.2. The van der Waals surface area contributed by atoms with E-state index < -0.39 is 11.9 Å². The fourth-order valence-electron chi connectivity index (χ4n) is 4.08. The first-order valence-electron chi connectivity index (χ1n) is 11.8. The fourth-order valence-corrected chi connectivity index (χ4v) is 4.08. The quantitative estimate of drug-likeness (QED) is 0.189. The second-order valence-corrected chi connectivity index (χ2v) is 8.36. The van der Waals surface area contributed by atoms with Gasteiger partial charge in [-0.1, -0.05) is 79.7 Å². The van der Waals surface area contributed by atoms with Crippen LogP contribution in [0.15, 0.2) is 119 Å². The Morgan fingerprint density at radius 3 is 2.03 bits per heavy atom. The molecule has 0 radical (unpaired) electrons. The number of ether oxygens (including phenoxy) is 2. The minimum absolute atomic E-state index is 0.0877. The molecule has 0 bridgehead atoms. The largest absolute Gasteiger partial charge is 0.460 e. The van der Waals surface area contributed by atoms with Gasteiger partial charge >= 0.3 is 5.97 Å². The van der Waals surface area contributed by atoms with Gasteiger partial charge in [0.05, 0.1) is 5.39 Å². The molecule has 0 fully saturated rings. The lowest BCUT2D eigenvalue weighted by Gasteiger charge is -2.17. The summed E-state index contributed by atoms with van der Waals surface area (Å²) in [6.45, 7) is 2.07. The van der Waals surface area contributed by atoms with E-state index in [0.717, 1.165) is 17.5 Å². The lowest BCUT2D eigenvalue weighted by Crippen LogP contribution is -2.20. The van der Waals surface area contributed by atoms with E-state index in [-0.39, 0.29) is 16.9 Å². The van der Waals surface area contributed by atoms with Gasteiger partial charge in [0.25, 0.3) is 0 Å². The number of carbonyl (C=O) groups is 1. The van der Waals surface area contributed by atoms with Gasteiger partial charge in [-0.25, -0.2) is 0 Å². The van der Waals surface area contributed by atoms with Crippen LogP contribution < -0.4 is 14.9 Å². The van der Waals surface area contributed by atoms with Gasteiger partial charge in [-0.15, -0.1) is 0 Å². The molecule has 5 nitrogen and oxygen atoms in total. The monoisotopic (exact) mass is 476 g/mol. The van der Waals surface area contributed by atoms with Crippen LogP contribution in [-0.4, -0.2) is 5.97 Å². The van der Waals surface area contributed by atoms with Crippen molar-refractivity contribution in [3.63, 3.8) is 0 Å². The summed E-state index contributed by atoms with van der Waals surface area (Å²) in [6.07, 6.45) is 2.20. The third-order valence-electron chi connectivity index (χ3n) is 5.99. The normalized spacial score (nSPS) is 10.9. The molecule has 5 heteroatoms. The highest BCUT2D eigenvalue weighted by Gasteiger charge is 2.25. The number of fused-ring (bicyclic) bond motifs is 1. The molecule has 0 amide bonds. The SMILES string of the molecule is CCc1ccc(Oc2coc3cc(OC(=O)C(c4ccccc4)c4ccccc4)ccc3c2=O)cc1. The van der Waals surface area contributed by atoms with Crippen molar-refractivity contribution in [3.8, 4) is 17.2 Å². The first-order valence-corrected chi connectivity index (χ1v) is 11.8. The molecule has 0 aliphatic heterocycles. The first kappa shape index (κ1) is 23.1. The number of benzene rings is 4. The molecule has 5 aromatic rings. The summed E-state index contributed by atoms with van der Waals surface area (Å²) >= 11 is 0. The molecule has 0 spiro atoms. The fraction of sp³-hybridized carbons (Fsp3) is 0.0968. The molecule has 0 atom stereocenters. The maximum absolute atomic E-state index is 13.3. The highest BCUT2D eigenvalue weighted by molar-refractivity contribution is 5.85. The molecule has 0 aliphatic carbocycles. The number of rotatable bonds is 7. The highest BCUT2D eigenvalue weighted by atomic mass is 16.5. The smallest absolute Gasteiger partial charge is 0.323 e. The summed E-state index contributed by atoms with van der Waals surface area (Å²) in [5.74, 6) is -0.0899. The van der Waals surface area contributed by atoms with Crippen LogP contribution in [0.4, 0.5) is 0 Å². The number of carbonyl (C=O) groups excluding carboxylic acids is 1. The van der Waals surface area contributed by atoms with E-state index in [1.807, 2.05) is 84.9 Å². The molecule has 0 unspecified atom stereocenters. The molecule has 36 heavy (non-hydrogen) atoms. The maximum Gasteiger partial charge on any atom is 0.323 e. The van der Waals surface area contributed by atoms with Crippen LogP contribution in [0.1, 0.15) is 29.5 Å². The number of hydrogen-bond donors (Lipinski definition) is 0. The van der Waals surface area contributed by atoms with Crippen LogP contribution in [0.5, 0.6) is 17.2 Å². The van der Waals surface area contributed by atoms with Gasteiger partial charge < -0.3 is 13.9 Å². The Balaban J connectivity index is 1.40. The Bertz CT molecular complexity index is 1500. The molecule has 0 saturated heterocycles. The van der Waals surface area contributed by atoms with Crippen LogP contribution in [0.2, 0.25) is 0 Å². The molecular weight excluding hydrogens is 452 g/mol. The topological polar surface area (TPSA) is 65.7 Å². The van der Waals surface area contributed by atoms with Gasteiger partial charge in [-0.3, -0.25) is 9.59 Å². The second kappa shape index (κ2) is 10.3. The predicted octanol–water partition coefficient (Wildman–Crippen LogP) is 6.89. The van der Waals surface area contributed by atoms with E-state index in [4.69, 9.17) is 13.9 Å².